The fourth-order valence-electron chi connectivity index (χ4n) is 2.27. The van der Waals surface area contributed by atoms with Crippen LogP contribution in [0.5, 0.6) is 5.75 Å². The lowest BCUT2D eigenvalue weighted by molar-refractivity contribution is -0.385. The number of ether oxygens (including phenoxy) is 1. The third-order valence-electron chi connectivity index (χ3n) is 3.60. The van der Waals surface area contributed by atoms with Gasteiger partial charge in [-0.3, -0.25) is 14.9 Å². The number of amides is 1. The molecule has 136 valence electrons. The number of nitro groups is 1. The molecule has 0 unspecified atom stereocenters. The number of rotatable bonds is 7. The molecule has 1 amide bonds. The van der Waals surface area contributed by atoms with E-state index in [0.29, 0.717) is 5.56 Å². The van der Waals surface area contributed by atoms with Gasteiger partial charge in [0.2, 0.25) is 0 Å². The lowest BCUT2D eigenvalue weighted by Crippen LogP contribution is -2.42. The van der Waals surface area contributed by atoms with E-state index in [-0.39, 0.29) is 23.4 Å². The minimum Gasteiger partial charge on any atom is -0.490 e. The number of benzene rings is 2. The van der Waals surface area contributed by atoms with Gasteiger partial charge in [-0.2, -0.15) is 0 Å². The molecule has 9 heteroatoms. The Bertz CT molecular complexity index is 838. The van der Waals surface area contributed by atoms with E-state index in [0.717, 1.165) is 12.1 Å². The van der Waals surface area contributed by atoms with Crippen molar-refractivity contribution in [1.82, 2.24) is 5.32 Å². The molecule has 2 N–H and O–H groups in total. The van der Waals surface area contributed by atoms with Crippen LogP contribution in [0.2, 0.25) is 0 Å². The molecular formula is C17H15FN2O6. The highest BCUT2D eigenvalue weighted by atomic mass is 19.1. The number of methoxy groups -OCH3 is 1. The van der Waals surface area contributed by atoms with Crippen molar-refractivity contribution in [3.8, 4) is 5.75 Å². The molecule has 0 fully saturated rings. The first-order valence-corrected chi connectivity index (χ1v) is 7.42. The SMILES string of the molecule is COc1cc(C(=O)N[C@@H](Cc2ccc(F)cc2)C(=O)O)ccc1[N+](=O)[O-]. The quantitative estimate of drug-likeness (QED) is 0.575. The molecule has 0 aromatic heterocycles. The standard InChI is InChI=1S/C17H15FN2O6/c1-26-15-9-11(4-7-14(15)20(24)25)16(21)19-13(17(22)23)8-10-2-5-12(18)6-3-10/h2-7,9,13H,8H2,1H3,(H,19,21)(H,22,23)/t13-/m0/s1. The van der Waals surface area contributed by atoms with Gasteiger partial charge < -0.3 is 15.2 Å². The molecule has 0 heterocycles. The van der Waals surface area contributed by atoms with E-state index < -0.39 is 28.7 Å². The van der Waals surface area contributed by atoms with Crippen molar-refractivity contribution in [3.63, 3.8) is 0 Å². The number of hydrogen-bond donors (Lipinski definition) is 2. The summed E-state index contributed by atoms with van der Waals surface area (Å²) in [6.07, 6.45) is -0.0501. The average molecular weight is 362 g/mol. The van der Waals surface area contributed by atoms with Crippen LogP contribution < -0.4 is 10.1 Å². The van der Waals surface area contributed by atoms with Crippen molar-refractivity contribution in [3.05, 3.63) is 69.5 Å². The summed E-state index contributed by atoms with van der Waals surface area (Å²) in [7, 11) is 1.22. The van der Waals surface area contributed by atoms with E-state index in [1.165, 1.54) is 37.4 Å². The van der Waals surface area contributed by atoms with Crippen LogP contribution in [0.1, 0.15) is 15.9 Å². The van der Waals surface area contributed by atoms with E-state index in [9.17, 15) is 29.2 Å². The normalized spacial score (nSPS) is 11.5. The Kier molecular flexibility index (Phi) is 5.84. The third-order valence-corrected chi connectivity index (χ3v) is 3.60. The lowest BCUT2D eigenvalue weighted by Gasteiger charge is -2.15. The highest BCUT2D eigenvalue weighted by molar-refractivity contribution is 5.97. The van der Waals surface area contributed by atoms with Crippen molar-refractivity contribution >= 4 is 17.6 Å². The molecule has 0 aliphatic carbocycles. The van der Waals surface area contributed by atoms with Crippen molar-refractivity contribution < 1.29 is 28.7 Å². The molecule has 0 aliphatic rings. The van der Waals surface area contributed by atoms with Gasteiger partial charge in [0.15, 0.2) is 5.75 Å². The van der Waals surface area contributed by atoms with Gasteiger partial charge in [0.1, 0.15) is 11.9 Å². The van der Waals surface area contributed by atoms with E-state index in [1.54, 1.807) is 0 Å². The number of halogens is 1. The first kappa shape index (κ1) is 18.8. The van der Waals surface area contributed by atoms with E-state index in [2.05, 4.69) is 5.32 Å². The second-order valence-electron chi connectivity index (χ2n) is 5.34. The fourth-order valence-corrected chi connectivity index (χ4v) is 2.27. The molecule has 0 saturated heterocycles. The zero-order valence-electron chi connectivity index (χ0n) is 13.6. The second kappa shape index (κ2) is 8.06. The Morgan fingerprint density at radius 1 is 1.27 bits per heavy atom. The van der Waals surface area contributed by atoms with Gasteiger partial charge in [0.05, 0.1) is 12.0 Å². The van der Waals surface area contributed by atoms with Gasteiger partial charge in [0, 0.05) is 24.1 Å². The maximum atomic E-state index is 12.9. The highest BCUT2D eigenvalue weighted by Gasteiger charge is 2.23. The number of nitrogens with zero attached hydrogens (tertiary/aromatic N) is 1. The zero-order valence-corrected chi connectivity index (χ0v) is 13.6. The number of aliphatic carboxylic acids is 1. The Morgan fingerprint density at radius 3 is 2.46 bits per heavy atom. The molecule has 0 bridgehead atoms. The predicted octanol–water partition coefficient (Wildman–Crippen LogP) is 2.17. The van der Waals surface area contributed by atoms with Crippen LogP contribution in [0.15, 0.2) is 42.5 Å². The molecule has 0 aliphatic heterocycles. The van der Waals surface area contributed by atoms with Gasteiger partial charge >= 0.3 is 11.7 Å². The first-order valence-electron chi connectivity index (χ1n) is 7.42. The summed E-state index contributed by atoms with van der Waals surface area (Å²) in [4.78, 5) is 33.9. The van der Waals surface area contributed by atoms with Gasteiger partial charge in [-0.05, 0) is 23.8 Å². The number of carboxylic acids is 1. The maximum Gasteiger partial charge on any atom is 0.326 e. The summed E-state index contributed by atoms with van der Waals surface area (Å²) < 4.78 is 17.8. The van der Waals surface area contributed by atoms with Gasteiger partial charge in [-0.25, -0.2) is 9.18 Å². The minimum absolute atomic E-state index is 0.0119. The number of carbonyl (C=O) groups excluding carboxylic acids is 1. The predicted molar refractivity (Wildman–Crippen MR) is 88.6 cm³/mol. The van der Waals surface area contributed by atoms with Gasteiger partial charge in [-0.1, -0.05) is 12.1 Å². The van der Waals surface area contributed by atoms with Crippen LogP contribution in [0, 0.1) is 15.9 Å². The molecule has 2 aromatic rings. The van der Waals surface area contributed by atoms with E-state index in [1.807, 2.05) is 0 Å². The molecule has 1 atom stereocenters. The molecule has 0 spiro atoms. The van der Waals surface area contributed by atoms with Crippen molar-refractivity contribution in [2.24, 2.45) is 0 Å². The fraction of sp³-hybridized carbons (Fsp3) is 0.176. The Morgan fingerprint density at radius 2 is 1.92 bits per heavy atom. The van der Waals surface area contributed by atoms with Crippen LogP contribution in [0.25, 0.3) is 0 Å². The number of carboxylic acid groups (broad SMARTS) is 1. The van der Waals surface area contributed by atoms with E-state index >= 15 is 0 Å². The summed E-state index contributed by atoms with van der Waals surface area (Å²) in [6.45, 7) is 0. The molecule has 26 heavy (non-hydrogen) atoms. The summed E-state index contributed by atoms with van der Waals surface area (Å²) in [5.74, 6) is -2.57. The van der Waals surface area contributed by atoms with Crippen LogP contribution in [-0.2, 0) is 11.2 Å². The minimum atomic E-state index is -1.27. The van der Waals surface area contributed by atoms with E-state index in [4.69, 9.17) is 4.74 Å². The van der Waals surface area contributed by atoms with Crippen LogP contribution in [0.3, 0.4) is 0 Å². The largest absolute Gasteiger partial charge is 0.490 e. The average Bonchev–Trinajstić information content (AvgIpc) is 2.61. The van der Waals surface area contributed by atoms with Gasteiger partial charge in [-0.15, -0.1) is 0 Å². The zero-order chi connectivity index (χ0) is 19.3. The molecule has 2 aromatic carbocycles. The monoisotopic (exact) mass is 362 g/mol. The third kappa shape index (κ3) is 4.53. The van der Waals surface area contributed by atoms with Crippen molar-refractivity contribution in [2.45, 2.75) is 12.5 Å². The van der Waals surface area contributed by atoms with Crippen LogP contribution in [0.4, 0.5) is 10.1 Å². The summed E-state index contributed by atoms with van der Waals surface area (Å²) in [5, 5.41) is 22.5. The number of hydrogen-bond acceptors (Lipinski definition) is 5. The smallest absolute Gasteiger partial charge is 0.326 e. The Balaban J connectivity index is 2.18. The maximum absolute atomic E-state index is 12.9. The Labute approximate surface area is 147 Å². The summed E-state index contributed by atoms with van der Waals surface area (Å²) in [5.41, 5.74) is 0.225. The molecule has 2 rings (SSSR count). The number of nitro benzene ring substituents is 1. The highest BCUT2D eigenvalue weighted by Crippen LogP contribution is 2.27. The number of carbonyl (C=O) groups is 2. The van der Waals surface area contributed by atoms with Crippen molar-refractivity contribution in [1.29, 1.82) is 0 Å². The molecule has 0 saturated carbocycles. The van der Waals surface area contributed by atoms with Crippen LogP contribution >= 0.6 is 0 Å². The number of nitrogens with one attached hydrogen (secondary N) is 1. The second-order valence-corrected chi connectivity index (χ2v) is 5.34. The van der Waals surface area contributed by atoms with Crippen molar-refractivity contribution in [2.75, 3.05) is 7.11 Å². The lowest BCUT2D eigenvalue weighted by atomic mass is 10.1. The molecule has 0 radical (unpaired) electrons. The molecule has 8 nitrogen and oxygen atoms in total. The van der Waals surface area contributed by atoms with Crippen LogP contribution in [-0.4, -0.2) is 35.1 Å². The molecular weight excluding hydrogens is 347 g/mol. The topological polar surface area (TPSA) is 119 Å². The van der Waals surface area contributed by atoms with Gasteiger partial charge in [0.25, 0.3) is 5.91 Å². The first-order chi connectivity index (χ1) is 12.3. The Hall–Kier alpha value is -3.49. The summed E-state index contributed by atoms with van der Waals surface area (Å²) in [6, 6.07) is 7.43. The summed E-state index contributed by atoms with van der Waals surface area (Å²) >= 11 is 0.